The van der Waals surface area contributed by atoms with E-state index in [1.165, 1.54) is 23.3 Å². The number of aryl methyl sites for hydroxylation is 2. The number of aliphatic hydroxyl groups excluding tert-OH is 1. The highest BCUT2D eigenvalue weighted by molar-refractivity contribution is 7.89. The van der Waals surface area contributed by atoms with E-state index in [4.69, 9.17) is 11.6 Å². The van der Waals surface area contributed by atoms with Crippen molar-refractivity contribution in [3.8, 4) is 0 Å². The summed E-state index contributed by atoms with van der Waals surface area (Å²) in [7, 11) is -3.78. The molecule has 7 heteroatoms. The Hall–Kier alpha value is -2.38. The van der Waals surface area contributed by atoms with Crippen molar-refractivity contribution in [2.45, 2.75) is 55.2 Å². The fraction of sp³-hybridized carbons (Fsp3) is 0.308. The molecule has 172 valence electrons. The van der Waals surface area contributed by atoms with Gasteiger partial charge in [0.05, 0.1) is 23.1 Å². The summed E-state index contributed by atoms with van der Waals surface area (Å²) in [5.74, 6) is 0. The lowest BCUT2D eigenvalue weighted by atomic mass is 9.86. The van der Waals surface area contributed by atoms with Gasteiger partial charge in [0.1, 0.15) is 0 Å². The van der Waals surface area contributed by atoms with Crippen LogP contribution in [-0.2, 0) is 22.9 Å². The standard InChI is InChI=1S/C26H27ClN2O3S/c27-20-14-16-21(17-15-20)33(31,32)28-22-8-5-11-25(26(22)30)29-23-9-3-1-6-18(23)12-13-19-7-2-4-10-24(19)29/h1-4,6-7,9-10,14-17,22,25-26,28,30H,5,8,11-13H2. The average molecular weight is 483 g/mol. The maximum absolute atomic E-state index is 13.0. The molecule has 0 saturated heterocycles. The molecule has 5 rings (SSSR count). The minimum atomic E-state index is -3.78. The molecule has 0 bridgehead atoms. The Morgan fingerprint density at radius 1 is 0.848 bits per heavy atom. The molecule has 0 spiro atoms. The number of sulfonamides is 1. The minimum absolute atomic E-state index is 0.145. The van der Waals surface area contributed by atoms with Gasteiger partial charge < -0.3 is 10.0 Å². The summed E-state index contributed by atoms with van der Waals surface area (Å²) in [6.07, 6.45) is 3.18. The zero-order valence-corrected chi connectivity index (χ0v) is 19.8. The predicted octanol–water partition coefficient (Wildman–Crippen LogP) is 4.84. The molecule has 0 aromatic heterocycles. The van der Waals surface area contributed by atoms with Gasteiger partial charge in [-0.25, -0.2) is 13.1 Å². The average Bonchev–Trinajstić information content (AvgIpc) is 2.98. The van der Waals surface area contributed by atoms with Gasteiger partial charge in [-0.1, -0.05) is 48.0 Å². The summed E-state index contributed by atoms with van der Waals surface area (Å²) in [4.78, 5) is 2.39. The van der Waals surface area contributed by atoms with Crippen LogP contribution in [0.5, 0.6) is 0 Å². The van der Waals surface area contributed by atoms with E-state index in [-0.39, 0.29) is 10.9 Å². The number of rotatable bonds is 4. The maximum atomic E-state index is 13.0. The van der Waals surface area contributed by atoms with Crippen molar-refractivity contribution in [2.24, 2.45) is 0 Å². The Kier molecular flexibility index (Phi) is 6.18. The number of para-hydroxylation sites is 2. The van der Waals surface area contributed by atoms with Crippen LogP contribution < -0.4 is 9.62 Å². The van der Waals surface area contributed by atoms with Crippen molar-refractivity contribution in [2.75, 3.05) is 4.90 Å². The lowest BCUT2D eigenvalue weighted by Gasteiger charge is -2.43. The lowest BCUT2D eigenvalue weighted by Crippen LogP contribution is -2.55. The number of hydrogen-bond acceptors (Lipinski definition) is 4. The maximum Gasteiger partial charge on any atom is 0.240 e. The highest BCUT2D eigenvalue weighted by atomic mass is 35.5. The summed E-state index contributed by atoms with van der Waals surface area (Å²) >= 11 is 5.92. The molecular weight excluding hydrogens is 456 g/mol. The van der Waals surface area contributed by atoms with E-state index in [1.54, 1.807) is 12.1 Å². The molecule has 1 fully saturated rings. The lowest BCUT2D eigenvalue weighted by molar-refractivity contribution is 0.0812. The van der Waals surface area contributed by atoms with Crippen molar-refractivity contribution in [1.82, 2.24) is 4.72 Å². The van der Waals surface area contributed by atoms with Gasteiger partial charge in [-0.2, -0.15) is 0 Å². The van der Waals surface area contributed by atoms with E-state index in [2.05, 4.69) is 33.9 Å². The molecule has 3 aromatic carbocycles. The zero-order valence-electron chi connectivity index (χ0n) is 18.2. The molecule has 5 nitrogen and oxygen atoms in total. The minimum Gasteiger partial charge on any atom is -0.389 e. The molecule has 2 aliphatic rings. The van der Waals surface area contributed by atoms with Crippen molar-refractivity contribution in [3.63, 3.8) is 0 Å². The molecular formula is C26H27ClN2O3S. The number of fused-ring (bicyclic) bond motifs is 2. The van der Waals surface area contributed by atoms with Crippen LogP contribution in [0.1, 0.15) is 30.4 Å². The Morgan fingerprint density at radius 2 is 1.42 bits per heavy atom. The first-order chi connectivity index (χ1) is 15.9. The normalized spacial score (nSPS) is 22.8. The smallest absolute Gasteiger partial charge is 0.240 e. The van der Waals surface area contributed by atoms with Gasteiger partial charge in [-0.05, 0) is 79.6 Å². The molecule has 3 aromatic rings. The fourth-order valence-electron chi connectivity index (χ4n) is 5.12. The second-order valence-corrected chi connectivity index (χ2v) is 10.9. The highest BCUT2D eigenvalue weighted by Crippen LogP contribution is 2.41. The quantitative estimate of drug-likeness (QED) is 0.558. The van der Waals surface area contributed by atoms with Crippen LogP contribution in [0.4, 0.5) is 11.4 Å². The van der Waals surface area contributed by atoms with Crippen LogP contribution in [0.2, 0.25) is 5.02 Å². The number of halogens is 1. The topological polar surface area (TPSA) is 69.6 Å². The van der Waals surface area contributed by atoms with Gasteiger partial charge in [0, 0.05) is 16.4 Å². The monoisotopic (exact) mass is 482 g/mol. The van der Waals surface area contributed by atoms with Crippen LogP contribution in [-0.4, -0.2) is 31.7 Å². The zero-order chi connectivity index (χ0) is 23.0. The molecule has 0 amide bonds. The molecule has 1 saturated carbocycles. The van der Waals surface area contributed by atoms with Gasteiger partial charge in [0.15, 0.2) is 0 Å². The number of hydrogen-bond donors (Lipinski definition) is 2. The van der Waals surface area contributed by atoms with Crippen molar-refractivity contribution in [3.05, 3.63) is 88.9 Å². The summed E-state index contributed by atoms with van der Waals surface area (Å²) in [5, 5.41) is 12.0. The summed E-state index contributed by atoms with van der Waals surface area (Å²) in [5.41, 5.74) is 4.66. The first kappa shape index (κ1) is 22.4. The summed E-state index contributed by atoms with van der Waals surface area (Å²) in [6.45, 7) is 0. The molecule has 1 aliphatic heterocycles. The van der Waals surface area contributed by atoms with Gasteiger partial charge in [-0.3, -0.25) is 0 Å². The van der Waals surface area contributed by atoms with Crippen LogP contribution in [0.15, 0.2) is 77.7 Å². The van der Waals surface area contributed by atoms with E-state index >= 15 is 0 Å². The molecule has 33 heavy (non-hydrogen) atoms. The molecule has 0 radical (unpaired) electrons. The third-order valence-corrected chi connectivity index (χ3v) is 8.51. The van der Waals surface area contributed by atoms with E-state index in [0.717, 1.165) is 37.1 Å². The first-order valence-electron chi connectivity index (χ1n) is 11.3. The van der Waals surface area contributed by atoms with Gasteiger partial charge in [0.2, 0.25) is 10.0 Å². The molecule has 1 heterocycles. The van der Waals surface area contributed by atoms with Crippen molar-refractivity contribution in [1.29, 1.82) is 0 Å². The second-order valence-electron chi connectivity index (χ2n) is 8.80. The number of anilines is 2. The molecule has 3 atom stereocenters. The first-order valence-corrected chi connectivity index (χ1v) is 13.2. The van der Waals surface area contributed by atoms with Crippen molar-refractivity contribution < 1.29 is 13.5 Å². The van der Waals surface area contributed by atoms with Gasteiger partial charge in [-0.15, -0.1) is 0 Å². The van der Waals surface area contributed by atoms with Crippen LogP contribution in [0, 0.1) is 0 Å². The van der Waals surface area contributed by atoms with Gasteiger partial charge in [0.25, 0.3) is 0 Å². The SMILES string of the molecule is O=S(=O)(NC1CCCC(N2c3ccccc3CCc3ccccc32)C1O)c1ccc(Cl)cc1. The van der Waals surface area contributed by atoms with Gasteiger partial charge >= 0.3 is 0 Å². The van der Waals surface area contributed by atoms with E-state index in [0.29, 0.717) is 11.4 Å². The number of benzene rings is 3. The van der Waals surface area contributed by atoms with Crippen LogP contribution in [0.3, 0.4) is 0 Å². The molecule has 3 unspecified atom stereocenters. The van der Waals surface area contributed by atoms with Crippen molar-refractivity contribution >= 4 is 33.0 Å². The Balaban J connectivity index is 1.48. The molecule has 2 N–H and O–H groups in total. The Morgan fingerprint density at radius 3 is 2.03 bits per heavy atom. The summed E-state index contributed by atoms with van der Waals surface area (Å²) < 4.78 is 28.8. The second kappa shape index (κ2) is 9.11. The third kappa shape index (κ3) is 4.41. The fourth-order valence-corrected chi connectivity index (χ4v) is 6.53. The van der Waals surface area contributed by atoms with Crippen LogP contribution in [0.25, 0.3) is 0 Å². The molecule has 1 aliphatic carbocycles. The van der Waals surface area contributed by atoms with Crippen LogP contribution >= 0.6 is 11.6 Å². The van der Waals surface area contributed by atoms with E-state index in [9.17, 15) is 13.5 Å². The summed E-state index contributed by atoms with van der Waals surface area (Å²) in [6, 6.07) is 21.9. The Labute approximate surface area is 200 Å². The largest absolute Gasteiger partial charge is 0.389 e. The number of nitrogens with one attached hydrogen (secondary N) is 1. The number of nitrogens with zero attached hydrogens (tertiary/aromatic N) is 1. The Bertz CT molecular complexity index is 1200. The number of aliphatic hydroxyl groups is 1. The highest BCUT2D eigenvalue weighted by Gasteiger charge is 2.39. The third-order valence-electron chi connectivity index (χ3n) is 6.75. The van der Waals surface area contributed by atoms with E-state index < -0.39 is 22.2 Å². The van der Waals surface area contributed by atoms with E-state index in [1.807, 2.05) is 24.3 Å². The predicted molar refractivity (Wildman–Crippen MR) is 132 cm³/mol.